The molecule has 1 fully saturated rings. The molecule has 0 bridgehead atoms. The number of nitrogens with zero attached hydrogens (tertiary/aromatic N) is 1. The predicted molar refractivity (Wildman–Crippen MR) is 77.6 cm³/mol. The third kappa shape index (κ3) is 2.49. The third-order valence-corrected chi connectivity index (χ3v) is 4.64. The van der Waals surface area contributed by atoms with Crippen LogP contribution >= 0.6 is 0 Å². The Balaban J connectivity index is 2.34. The molecule has 0 aromatic heterocycles. The molecule has 0 saturated heterocycles. The highest BCUT2D eigenvalue weighted by Gasteiger charge is 2.43. The van der Waals surface area contributed by atoms with Crippen molar-refractivity contribution in [2.24, 2.45) is 0 Å². The normalized spacial score (nSPS) is 19.7. The van der Waals surface area contributed by atoms with Gasteiger partial charge < -0.3 is 14.7 Å². The summed E-state index contributed by atoms with van der Waals surface area (Å²) in [4.78, 5) is 2.20. The number of rotatable bonds is 4. The first kappa shape index (κ1) is 14.4. The lowest BCUT2D eigenvalue weighted by Gasteiger charge is -2.41. The van der Waals surface area contributed by atoms with Crippen LogP contribution < -0.4 is 4.74 Å². The lowest BCUT2D eigenvalue weighted by atomic mass is 9.83. The number of benzene rings is 1. The quantitative estimate of drug-likeness (QED) is 0.906. The molecule has 1 aromatic carbocycles. The maximum atomic E-state index is 10.9. The Morgan fingerprint density at radius 3 is 2.37 bits per heavy atom. The van der Waals surface area contributed by atoms with Crippen LogP contribution in [0.2, 0.25) is 0 Å². The van der Waals surface area contributed by atoms with Crippen molar-refractivity contribution in [3.63, 3.8) is 0 Å². The highest BCUT2D eigenvalue weighted by molar-refractivity contribution is 5.37. The molecule has 3 nitrogen and oxygen atoms in total. The minimum Gasteiger partial charge on any atom is -0.497 e. The van der Waals surface area contributed by atoms with Crippen molar-refractivity contribution in [3.05, 3.63) is 29.3 Å². The predicted octanol–water partition coefficient (Wildman–Crippen LogP) is 2.91. The molecule has 1 saturated carbocycles. The molecular formula is C16H25NO2. The standard InChI is InChI=1S/C16H25NO2/c1-12-11-13(19-4)7-8-14(12)15(18)16(17(2)3)9-5-6-10-16/h7-8,11,15,18H,5-6,9-10H2,1-4H3. The van der Waals surface area contributed by atoms with Gasteiger partial charge in [0.2, 0.25) is 0 Å². The smallest absolute Gasteiger partial charge is 0.119 e. The van der Waals surface area contributed by atoms with Crippen molar-refractivity contribution < 1.29 is 9.84 Å². The lowest BCUT2D eigenvalue weighted by molar-refractivity contribution is -0.00512. The molecule has 0 aliphatic heterocycles. The zero-order valence-electron chi connectivity index (χ0n) is 12.4. The maximum absolute atomic E-state index is 10.9. The monoisotopic (exact) mass is 263 g/mol. The highest BCUT2D eigenvalue weighted by atomic mass is 16.5. The first-order chi connectivity index (χ1) is 9.01. The Hall–Kier alpha value is -1.06. The van der Waals surface area contributed by atoms with E-state index in [0.717, 1.165) is 29.7 Å². The van der Waals surface area contributed by atoms with Crippen molar-refractivity contribution in [1.82, 2.24) is 4.90 Å². The van der Waals surface area contributed by atoms with Gasteiger partial charge in [-0.15, -0.1) is 0 Å². The number of hydrogen-bond donors (Lipinski definition) is 1. The molecule has 0 radical (unpaired) electrons. The van der Waals surface area contributed by atoms with E-state index in [2.05, 4.69) is 19.0 Å². The molecular weight excluding hydrogens is 238 g/mol. The Kier molecular flexibility index (Phi) is 4.16. The number of ether oxygens (including phenoxy) is 1. The Bertz CT molecular complexity index is 436. The fourth-order valence-corrected chi connectivity index (χ4v) is 3.32. The maximum Gasteiger partial charge on any atom is 0.119 e. The van der Waals surface area contributed by atoms with Crippen LogP contribution in [0.25, 0.3) is 0 Å². The Labute approximate surface area is 116 Å². The van der Waals surface area contributed by atoms with E-state index in [1.165, 1.54) is 12.8 Å². The van der Waals surface area contributed by atoms with Crippen molar-refractivity contribution in [1.29, 1.82) is 0 Å². The number of aliphatic hydroxyl groups excluding tert-OH is 1. The van der Waals surface area contributed by atoms with Crippen molar-refractivity contribution in [2.75, 3.05) is 21.2 Å². The van der Waals surface area contributed by atoms with Crippen LogP contribution in [-0.4, -0.2) is 36.8 Å². The minimum atomic E-state index is -0.434. The highest BCUT2D eigenvalue weighted by Crippen LogP contribution is 2.44. The summed E-state index contributed by atoms with van der Waals surface area (Å²) in [5, 5.41) is 10.9. The Morgan fingerprint density at radius 1 is 1.26 bits per heavy atom. The van der Waals surface area contributed by atoms with Crippen molar-refractivity contribution >= 4 is 0 Å². The van der Waals surface area contributed by atoms with Gasteiger partial charge in [0.05, 0.1) is 18.8 Å². The summed E-state index contributed by atoms with van der Waals surface area (Å²) in [6, 6.07) is 5.93. The molecule has 0 heterocycles. The van der Waals surface area contributed by atoms with Gasteiger partial charge in [-0.1, -0.05) is 18.9 Å². The summed E-state index contributed by atoms with van der Waals surface area (Å²) in [7, 11) is 5.82. The second kappa shape index (κ2) is 5.51. The Morgan fingerprint density at radius 2 is 1.89 bits per heavy atom. The number of hydrogen-bond acceptors (Lipinski definition) is 3. The lowest BCUT2D eigenvalue weighted by Crippen LogP contribution is -2.47. The van der Waals surface area contributed by atoms with Crippen molar-refractivity contribution in [3.8, 4) is 5.75 Å². The van der Waals surface area contributed by atoms with Crippen LogP contribution in [0.4, 0.5) is 0 Å². The summed E-state index contributed by atoms with van der Waals surface area (Å²) in [5.74, 6) is 0.846. The molecule has 1 aromatic rings. The number of aliphatic hydroxyl groups is 1. The van der Waals surface area contributed by atoms with Gasteiger partial charge in [-0.25, -0.2) is 0 Å². The molecule has 3 heteroatoms. The molecule has 1 atom stereocenters. The summed E-state index contributed by atoms with van der Waals surface area (Å²) in [6.45, 7) is 2.04. The molecule has 1 aliphatic carbocycles. The first-order valence-electron chi connectivity index (χ1n) is 7.01. The van der Waals surface area contributed by atoms with Crippen LogP contribution in [0.3, 0.4) is 0 Å². The second-order valence-corrected chi connectivity index (χ2v) is 5.83. The van der Waals surface area contributed by atoms with Crippen LogP contribution in [0.15, 0.2) is 18.2 Å². The van der Waals surface area contributed by atoms with E-state index >= 15 is 0 Å². The summed E-state index contributed by atoms with van der Waals surface area (Å²) >= 11 is 0. The average Bonchev–Trinajstić information content (AvgIpc) is 2.88. The zero-order valence-corrected chi connectivity index (χ0v) is 12.4. The van der Waals surface area contributed by atoms with Gasteiger partial charge in [-0.2, -0.15) is 0 Å². The van der Waals surface area contributed by atoms with E-state index in [1.807, 2.05) is 25.1 Å². The molecule has 19 heavy (non-hydrogen) atoms. The fraction of sp³-hybridized carbons (Fsp3) is 0.625. The zero-order chi connectivity index (χ0) is 14.0. The summed E-state index contributed by atoms with van der Waals surface area (Å²) < 4.78 is 5.24. The fourth-order valence-electron chi connectivity index (χ4n) is 3.32. The van der Waals surface area contributed by atoms with Gasteiger partial charge in [0.15, 0.2) is 0 Å². The number of likely N-dealkylation sites (N-methyl/N-ethyl adjacent to an activating group) is 1. The third-order valence-electron chi connectivity index (χ3n) is 4.64. The van der Waals surface area contributed by atoms with Gasteiger partial charge in [0.1, 0.15) is 5.75 Å². The van der Waals surface area contributed by atoms with E-state index in [1.54, 1.807) is 7.11 Å². The van der Waals surface area contributed by atoms with Gasteiger partial charge in [0.25, 0.3) is 0 Å². The largest absolute Gasteiger partial charge is 0.497 e. The topological polar surface area (TPSA) is 32.7 Å². The molecule has 2 rings (SSSR count). The molecule has 1 unspecified atom stereocenters. The molecule has 1 N–H and O–H groups in total. The van der Waals surface area contributed by atoms with Crippen LogP contribution in [0.5, 0.6) is 5.75 Å². The molecule has 0 spiro atoms. The number of aryl methyl sites for hydroxylation is 1. The van der Waals surface area contributed by atoms with E-state index in [-0.39, 0.29) is 5.54 Å². The SMILES string of the molecule is COc1ccc(C(O)C2(N(C)C)CCCC2)c(C)c1. The number of methoxy groups -OCH3 is 1. The van der Waals surface area contributed by atoms with Crippen LogP contribution in [0, 0.1) is 6.92 Å². The molecule has 0 amide bonds. The van der Waals surface area contributed by atoms with E-state index < -0.39 is 6.10 Å². The second-order valence-electron chi connectivity index (χ2n) is 5.83. The van der Waals surface area contributed by atoms with E-state index in [4.69, 9.17) is 4.74 Å². The van der Waals surface area contributed by atoms with Crippen LogP contribution in [-0.2, 0) is 0 Å². The van der Waals surface area contributed by atoms with Gasteiger partial charge in [-0.3, -0.25) is 0 Å². The van der Waals surface area contributed by atoms with E-state index in [9.17, 15) is 5.11 Å². The van der Waals surface area contributed by atoms with Gasteiger partial charge in [0, 0.05) is 0 Å². The first-order valence-corrected chi connectivity index (χ1v) is 7.01. The molecule has 1 aliphatic rings. The summed E-state index contributed by atoms with van der Waals surface area (Å²) in [5.41, 5.74) is 2.01. The van der Waals surface area contributed by atoms with Crippen molar-refractivity contribution in [2.45, 2.75) is 44.2 Å². The van der Waals surface area contributed by atoms with Gasteiger partial charge in [-0.05, 0) is 57.1 Å². The molecule has 106 valence electrons. The van der Waals surface area contributed by atoms with E-state index in [0.29, 0.717) is 0 Å². The summed E-state index contributed by atoms with van der Waals surface area (Å²) in [6.07, 6.45) is 4.09. The van der Waals surface area contributed by atoms with Gasteiger partial charge >= 0.3 is 0 Å². The minimum absolute atomic E-state index is 0.112. The van der Waals surface area contributed by atoms with Crippen LogP contribution in [0.1, 0.15) is 42.9 Å². The average molecular weight is 263 g/mol.